The molecule has 0 fully saturated rings. The number of aromatic nitrogens is 1. The van der Waals surface area contributed by atoms with E-state index in [4.69, 9.17) is 5.11 Å². The smallest absolute Gasteiger partial charge is 0.121 e. The third kappa shape index (κ3) is 2.86. The number of nitrogens with zero attached hydrogens (tertiary/aromatic N) is 1. The van der Waals surface area contributed by atoms with Crippen molar-refractivity contribution in [1.29, 1.82) is 0 Å². The molecule has 0 saturated heterocycles. The van der Waals surface area contributed by atoms with Gasteiger partial charge in [-0.2, -0.15) is 0 Å². The Balaban J connectivity index is 1.95. The van der Waals surface area contributed by atoms with Gasteiger partial charge < -0.3 is 19.7 Å². The fourth-order valence-corrected chi connectivity index (χ4v) is 3.17. The molecular weight excluding hydrogens is 276 g/mol. The fraction of sp³-hybridized carbons (Fsp3) is 0.333. The first-order valence-electron chi connectivity index (χ1n) is 7.77. The molecule has 1 heterocycles. The van der Waals surface area contributed by atoms with Crippen molar-refractivity contribution in [3.05, 3.63) is 48.5 Å². The summed E-state index contributed by atoms with van der Waals surface area (Å²) >= 11 is 0. The standard InChI is InChI=1S/C18H22N2O2/c1-19(10-11-21)12-14(22)13-20-17-8-4-2-6-15(17)16-7-3-5-9-18(16)20/h2-9,14,21-22H,10-13H2,1H3/p+1. The van der Waals surface area contributed by atoms with Gasteiger partial charge in [0.2, 0.25) is 0 Å². The molecule has 3 N–H and O–H groups in total. The van der Waals surface area contributed by atoms with Crippen LogP contribution >= 0.6 is 0 Å². The minimum absolute atomic E-state index is 0.147. The van der Waals surface area contributed by atoms with Gasteiger partial charge >= 0.3 is 0 Å². The highest BCUT2D eigenvalue weighted by Gasteiger charge is 2.16. The molecule has 0 radical (unpaired) electrons. The van der Waals surface area contributed by atoms with E-state index in [9.17, 15) is 5.11 Å². The molecule has 0 aliphatic carbocycles. The second-order valence-corrected chi connectivity index (χ2v) is 5.93. The zero-order chi connectivity index (χ0) is 15.5. The van der Waals surface area contributed by atoms with E-state index < -0.39 is 6.10 Å². The number of nitrogens with one attached hydrogen (secondary N) is 1. The first-order valence-corrected chi connectivity index (χ1v) is 7.77. The van der Waals surface area contributed by atoms with Crippen molar-refractivity contribution >= 4 is 21.8 Å². The Bertz CT molecular complexity index is 713. The lowest BCUT2D eigenvalue weighted by molar-refractivity contribution is -0.883. The summed E-state index contributed by atoms with van der Waals surface area (Å²) in [5.41, 5.74) is 2.31. The lowest BCUT2D eigenvalue weighted by atomic mass is 10.2. The molecule has 0 bridgehead atoms. The van der Waals surface area contributed by atoms with Crippen LogP contribution < -0.4 is 4.90 Å². The Kier molecular flexibility index (Phi) is 4.43. The number of rotatable bonds is 6. The normalized spacial score (nSPS) is 14.5. The molecule has 0 spiro atoms. The molecular formula is C18H23N2O2+. The van der Waals surface area contributed by atoms with Crippen LogP contribution in [-0.2, 0) is 6.54 Å². The van der Waals surface area contributed by atoms with E-state index in [2.05, 4.69) is 41.0 Å². The number of quaternary nitrogens is 1. The van der Waals surface area contributed by atoms with Crippen LogP contribution in [0.3, 0.4) is 0 Å². The molecule has 2 aromatic carbocycles. The SMILES string of the molecule is C[NH+](CCO)CC(O)Cn1c2ccccc2c2ccccc21. The monoisotopic (exact) mass is 299 g/mol. The lowest BCUT2D eigenvalue weighted by Crippen LogP contribution is -3.10. The van der Waals surface area contributed by atoms with Gasteiger partial charge in [0.25, 0.3) is 0 Å². The Labute approximate surface area is 130 Å². The largest absolute Gasteiger partial charge is 0.391 e. The maximum absolute atomic E-state index is 10.4. The highest BCUT2D eigenvalue weighted by molar-refractivity contribution is 6.07. The molecule has 2 atom stereocenters. The molecule has 1 aromatic heterocycles. The van der Waals surface area contributed by atoms with Crippen LogP contribution in [0.4, 0.5) is 0 Å². The van der Waals surface area contributed by atoms with Crippen LogP contribution in [0.2, 0.25) is 0 Å². The van der Waals surface area contributed by atoms with Crippen molar-refractivity contribution in [3.63, 3.8) is 0 Å². The van der Waals surface area contributed by atoms with E-state index in [0.717, 1.165) is 15.9 Å². The predicted octanol–water partition coefficient (Wildman–Crippen LogP) is 0.662. The number of fused-ring (bicyclic) bond motifs is 3. The fourth-order valence-electron chi connectivity index (χ4n) is 3.17. The summed E-state index contributed by atoms with van der Waals surface area (Å²) in [6.07, 6.45) is -0.439. The molecule has 4 heteroatoms. The first-order chi connectivity index (χ1) is 10.7. The highest BCUT2D eigenvalue weighted by atomic mass is 16.3. The zero-order valence-electron chi connectivity index (χ0n) is 12.9. The number of aliphatic hydroxyl groups is 2. The lowest BCUT2D eigenvalue weighted by Gasteiger charge is -2.18. The van der Waals surface area contributed by atoms with Gasteiger partial charge in [0, 0.05) is 21.8 Å². The van der Waals surface area contributed by atoms with Crippen molar-refractivity contribution in [2.75, 3.05) is 26.7 Å². The van der Waals surface area contributed by atoms with Crippen molar-refractivity contribution in [2.24, 2.45) is 0 Å². The van der Waals surface area contributed by atoms with Crippen molar-refractivity contribution in [2.45, 2.75) is 12.6 Å². The van der Waals surface area contributed by atoms with Gasteiger partial charge in [-0.15, -0.1) is 0 Å². The third-order valence-electron chi connectivity index (χ3n) is 4.20. The van der Waals surface area contributed by atoms with Gasteiger partial charge in [-0.1, -0.05) is 36.4 Å². The number of para-hydroxylation sites is 2. The van der Waals surface area contributed by atoms with Gasteiger partial charge in [-0.3, -0.25) is 0 Å². The van der Waals surface area contributed by atoms with E-state index >= 15 is 0 Å². The predicted molar refractivity (Wildman–Crippen MR) is 89.2 cm³/mol. The third-order valence-corrected chi connectivity index (χ3v) is 4.20. The number of likely N-dealkylation sites (N-methyl/N-ethyl adjacent to an activating group) is 1. The van der Waals surface area contributed by atoms with Crippen molar-refractivity contribution in [1.82, 2.24) is 4.57 Å². The summed E-state index contributed by atoms with van der Waals surface area (Å²) in [6, 6.07) is 16.6. The highest BCUT2D eigenvalue weighted by Crippen LogP contribution is 2.28. The summed E-state index contributed by atoms with van der Waals surface area (Å²) in [5.74, 6) is 0. The molecule has 2 unspecified atom stereocenters. The van der Waals surface area contributed by atoms with Crippen LogP contribution in [0, 0.1) is 0 Å². The van der Waals surface area contributed by atoms with Crippen molar-refractivity contribution in [3.8, 4) is 0 Å². The van der Waals surface area contributed by atoms with Gasteiger partial charge in [0.05, 0.1) is 20.2 Å². The van der Waals surface area contributed by atoms with E-state index in [-0.39, 0.29) is 6.61 Å². The minimum atomic E-state index is -0.439. The first kappa shape index (κ1) is 15.0. The zero-order valence-corrected chi connectivity index (χ0v) is 12.9. The molecule has 3 aromatic rings. The van der Waals surface area contributed by atoms with Crippen LogP contribution in [0.25, 0.3) is 21.8 Å². The molecule has 0 aliphatic heterocycles. The molecule has 0 saturated carbocycles. The molecule has 22 heavy (non-hydrogen) atoms. The Morgan fingerprint density at radius 3 is 2.09 bits per heavy atom. The quantitative estimate of drug-likeness (QED) is 0.626. The molecule has 0 amide bonds. The molecule has 0 aliphatic rings. The number of hydrogen-bond donors (Lipinski definition) is 3. The molecule has 3 rings (SSSR count). The van der Waals surface area contributed by atoms with Crippen LogP contribution in [0.1, 0.15) is 0 Å². The summed E-state index contributed by atoms with van der Waals surface area (Å²) < 4.78 is 2.20. The Morgan fingerprint density at radius 1 is 1.00 bits per heavy atom. The maximum Gasteiger partial charge on any atom is 0.121 e. The average Bonchev–Trinajstić information content (AvgIpc) is 2.82. The van der Waals surface area contributed by atoms with Gasteiger partial charge in [0.15, 0.2) is 0 Å². The number of aliphatic hydroxyl groups excluding tert-OH is 2. The summed E-state index contributed by atoms with van der Waals surface area (Å²) in [4.78, 5) is 1.13. The number of benzene rings is 2. The summed E-state index contributed by atoms with van der Waals surface area (Å²) in [7, 11) is 1.99. The van der Waals surface area contributed by atoms with Crippen LogP contribution in [-0.4, -0.2) is 47.6 Å². The second kappa shape index (κ2) is 6.48. The van der Waals surface area contributed by atoms with Gasteiger partial charge in [-0.05, 0) is 12.1 Å². The van der Waals surface area contributed by atoms with Crippen LogP contribution in [0.15, 0.2) is 48.5 Å². The minimum Gasteiger partial charge on any atom is -0.391 e. The Morgan fingerprint density at radius 2 is 1.55 bits per heavy atom. The topological polar surface area (TPSA) is 49.8 Å². The van der Waals surface area contributed by atoms with Crippen molar-refractivity contribution < 1.29 is 15.1 Å². The second-order valence-electron chi connectivity index (χ2n) is 5.93. The van der Waals surface area contributed by atoms with E-state index in [1.54, 1.807) is 0 Å². The van der Waals surface area contributed by atoms with Crippen LogP contribution in [0.5, 0.6) is 0 Å². The molecule has 4 nitrogen and oxygen atoms in total. The van der Waals surface area contributed by atoms with Gasteiger partial charge in [0.1, 0.15) is 19.2 Å². The van der Waals surface area contributed by atoms with E-state index in [0.29, 0.717) is 19.6 Å². The molecule has 116 valence electrons. The average molecular weight is 299 g/mol. The maximum atomic E-state index is 10.4. The Hall–Kier alpha value is -1.88. The van der Waals surface area contributed by atoms with E-state index in [1.165, 1.54) is 10.8 Å². The summed E-state index contributed by atoms with van der Waals surface area (Å²) in [5, 5.41) is 21.8. The number of hydrogen-bond acceptors (Lipinski definition) is 2. The van der Waals surface area contributed by atoms with E-state index in [1.807, 2.05) is 19.2 Å². The summed E-state index contributed by atoms with van der Waals surface area (Å²) in [6.45, 7) is 2.00. The van der Waals surface area contributed by atoms with Gasteiger partial charge in [-0.25, -0.2) is 0 Å².